The van der Waals surface area contributed by atoms with Crippen LogP contribution in [0, 0.1) is 0 Å². The number of fused-ring (bicyclic) bond motifs is 1. The van der Waals surface area contributed by atoms with Crippen LogP contribution in [0.2, 0.25) is 0 Å². The standard InChI is InChI=1S/C22H24F2N4O3/c1-29-22(3-5-31-11-22)19-7-14(21(23)24)6-16(27-19)15-8-17(13-2-4-30-10-13)28-12-26-20(25)9-18(15)28/h6-9,12-13,21H,2-5,10-11,25H2,1H3/t13?,22-/m0/s1. The Morgan fingerprint density at radius 1 is 1.23 bits per heavy atom. The second-order valence-corrected chi connectivity index (χ2v) is 8.09. The second-order valence-electron chi connectivity index (χ2n) is 8.09. The van der Waals surface area contributed by atoms with Crippen LogP contribution < -0.4 is 5.73 Å². The maximum atomic E-state index is 13.8. The number of pyridine rings is 1. The van der Waals surface area contributed by atoms with Crippen LogP contribution in [0.1, 0.15) is 42.1 Å². The molecule has 0 amide bonds. The molecule has 0 spiro atoms. The summed E-state index contributed by atoms with van der Waals surface area (Å²) >= 11 is 0. The van der Waals surface area contributed by atoms with E-state index in [9.17, 15) is 8.78 Å². The normalized spacial score (nSPS) is 23.9. The lowest BCUT2D eigenvalue weighted by Crippen LogP contribution is -2.30. The summed E-state index contributed by atoms with van der Waals surface area (Å²) in [7, 11) is 1.56. The van der Waals surface area contributed by atoms with E-state index >= 15 is 0 Å². The molecule has 0 aliphatic carbocycles. The Bertz CT molecular complexity index is 1110. The number of anilines is 1. The van der Waals surface area contributed by atoms with Gasteiger partial charge in [-0.2, -0.15) is 0 Å². The van der Waals surface area contributed by atoms with E-state index in [2.05, 4.69) is 4.98 Å². The Labute approximate surface area is 178 Å². The molecule has 9 heteroatoms. The Hall–Kier alpha value is -2.62. The number of alkyl halides is 2. The fourth-order valence-electron chi connectivity index (χ4n) is 4.49. The van der Waals surface area contributed by atoms with Gasteiger partial charge in [-0.15, -0.1) is 0 Å². The van der Waals surface area contributed by atoms with Crippen LogP contribution in [-0.4, -0.2) is 47.9 Å². The number of rotatable bonds is 5. The first-order valence-corrected chi connectivity index (χ1v) is 10.3. The molecule has 2 aliphatic heterocycles. The van der Waals surface area contributed by atoms with E-state index in [1.165, 1.54) is 12.1 Å². The van der Waals surface area contributed by atoms with E-state index in [1.807, 2.05) is 10.5 Å². The van der Waals surface area contributed by atoms with Gasteiger partial charge in [0.15, 0.2) is 0 Å². The summed E-state index contributed by atoms with van der Waals surface area (Å²) in [6.07, 6.45) is 0.470. The van der Waals surface area contributed by atoms with Gasteiger partial charge in [0.2, 0.25) is 0 Å². The van der Waals surface area contributed by atoms with Gasteiger partial charge >= 0.3 is 0 Å². The topological polar surface area (TPSA) is 83.9 Å². The van der Waals surface area contributed by atoms with Gasteiger partial charge < -0.3 is 24.3 Å². The summed E-state index contributed by atoms with van der Waals surface area (Å²) in [6.45, 7) is 2.07. The maximum Gasteiger partial charge on any atom is 0.263 e. The van der Waals surface area contributed by atoms with Crippen molar-refractivity contribution in [2.45, 2.75) is 30.8 Å². The molecule has 5 heterocycles. The Morgan fingerprint density at radius 3 is 2.77 bits per heavy atom. The number of nitrogen functional groups attached to an aromatic ring is 1. The smallest absolute Gasteiger partial charge is 0.263 e. The molecule has 2 aliphatic rings. The Morgan fingerprint density at radius 2 is 2.10 bits per heavy atom. The number of methoxy groups -OCH3 is 1. The predicted octanol–water partition coefficient (Wildman–Crippen LogP) is 3.68. The minimum atomic E-state index is -2.64. The molecule has 3 aromatic heterocycles. The fraction of sp³-hybridized carbons (Fsp3) is 0.455. The van der Waals surface area contributed by atoms with Gasteiger partial charge in [0, 0.05) is 55.5 Å². The van der Waals surface area contributed by atoms with Crippen molar-refractivity contribution in [3.05, 3.63) is 47.5 Å². The monoisotopic (exact) mass is 430 g/mol. The number of halogens is 2. The zero-order valence-corrected chi connectivity index (χ0v) is 17.2. The van der Waals surface area contributed by atoms with Crippen LogP contribution in [0.5, 0.6) is 0 Å². The first-order valence-electron chi connectivity index (χ1n) is 10.3. The third kappa shape index (κ3) is 3.46. The summed E-state index contributed by atoms with van der Waals surface area (Å²) in [5, 5.41) is 0. The maximum absolute atomic E-state index is 13.8. The van der Waals surface area contributed by atoms with E-state index in [0.717, 1.165) is 23.2 Å². The zero-order chi connectivity index (χ0) is 21.6. The highest BCUT2D eigenvalue weighted by atomic mass is 19.3. The average Bonchev–Trinajstić information content (AvgIpc) is 3.52. The van der Waals surface area contributed by atoms with Gasteiger partial charge in [-0.1, -0.05) is 0 Å². The summed E-state index contributed by atoms with van der Waals surface area (Å²) in [5.74, 6) is 0.543. The number of hydrogen-bond acceptors (Lipinski definition) is 6. The summed E-state index contributed by atoms with van der Waals surface area (Å²) in [6, 6.07) is 6.60. The van der Waals surface area contributed by atoms with E-state index in [1.54, 1.807) is 19.5 Å². The molecule has 0 bridgehead atoms. The minimum absolute atomic E-state index is 0.101. The van der Waals surface area contributed by atoms with Gasteiger partial charge in [-0.3, -0.25) is 0 Å². The molecular weight excluding hydrogens is 406 g/mol. The SMILES string of the molecule is CO[C@@]1(c2cc(C(F)F)cc(-c3cc(C4CCOC4)n4cnc(N)cc34)n2)CCOC1. The van der Waals surface area contributed by atoms with E-state index in [-0.39, 0.29) is 18.1 Å². The minimum Gasteiger partial charge on any atom is -0.384 e. The molecule has 2 fully saturated rings. The van der Waals surface area contributed by atoms with Crippen LogP contribution in [0.4, 0.5) is 14.6 Å². The van der Waals surface area contributed by atoms with Gasteiger partial charge in [-0.25, -0.2) is 18.7 Å². The lowest BCUT2D eigenvalue weighted by Gasteiger charge is -2.26. The van der Waals surface area contributed by atoms with Crippen molar-refractivity contribution < 1.29 is 23.0 Å². The number of hydrogen-bond donors (Lipinski definition) is 1. The van der Waals surface area contributed by atoms with Crippen molar-refractivity contribution >= 4 is 11.3 Å². The lowest BCUT2D eigenvalue weighted by atomic mass is 9.95. The van der Waals surface area contributed by atoms with Gasteiger partial charge in [-0.05, 0) is 24.6 Å². The molecule has 31 heavy (non-hydrogen) atoms. The van der Waals surface area contributed by atoms with E-state index in [4.69, 9.17) is 24.9 Å². The van der Waals surface area contributed by atoms with Crippen molar-refractivity contribution in [3.8, 4) is 11.3 Å². The third-order valence-corrected chi connectivity index (χ3v) is 6.28. The summed E-state index contributed by atoms with van der Waals surface area (Å²) in [4.78, 5) is 9.01. The van der Waals surface area contributed by atoms with E-state index < -0.39 is 12.0 Å². The van der Waals surface area contributed by atoms with Crippen LogP contribution in [0.3, 0.4) is 0 Å². The molecule has 0 aromatic carbocycles. The largest absolute Gasteiger partial charge is 0.384 e. The highest BCUT2D eigenvalue weighted by Gasteiger charge is 2.39. The van der Waals surface area contributed by atoms with Crippen molar-refractivity contribution in [2.75, 3.05) is 39.3 Å². The number of ether oxygens (including phenoxy) is 3. The molecule has 5 rings (SSSR count). The van der Waals surface area contributed by atoms with Crippen molar-refractivity contribution in [3.63, 3.8) is 0 Å². The highest BCUT2D eigenvalue weighted by Crippen LogP contribution is 2.39. The van der Waals surface area contributed by atoms with Crippen LogP contribution in [0.15, 0.2) is 30.6 Å². The first kappa shape index (κ1) is 20.3. The van der Waals surface area contributed by atoms with Crippen LogP contribution in [-0.2, 0) is 19.8 Å². The van der Waals surface area contributed by atoms with Crippen LogP contribution >= 0.6 is 0 Å². The Kier molecular flexibility index (Phi) is 5.11. The number of nitrogens with zero attached hydrogens (tertiary/aromatic N) is 3. The highest BCUT2D eigenvalue weighted by molar-refractivity contribution is 5.82. The fourth-order valence-corrected chi connectivity index (χ4v) is 4.49. The molecule has 3 aromatic rings. The Balaban J connectivity index is 1.72. The quantitative estimate of drug-likeness (QED) is 0.665. The zero-order valence-electron chi connectivity index (χ0n) is 17.2. The summed E-state index contributed by atoms with van der Waals surface area (Å²) in [5.41, 5.74) is 8.43. The predicted molar refractivity (Wildman–Crippen MR) is 110 cm³/mol. The first-order chi connectivity index (χ1) is 15.0. The lowest BCUT2D eigenvalue weighted by molar-refractivity contribution is -0.0247. The molecule has 2 atom stereocenters. The molecule has 7 nitrogen and oxygen atoms in total. The second kappa shape index (κ2) is 7.81. The number of aromatic nitrogens is 3. The molecule has 0 radical (unpaired) electrons. The number of nitrogens with two attached hydrogens (primary N) is 1. The van der Waals surface area contributed by atoms with Crippen LogP contribution in [0.25, 0.3) is 16.8 Å². The molecule has 2 saturated heterocycles. The van der Waals surface area contributed by atoms with Crippen molar-refractivity contribution in [2.24, 2.45) is 0 Å². The average molecular weight is 430 g/mol. The molecular formula is C22H24F2N4O3. The van der Waals surface area contributed by atoms with E-state index in [0.29, 0.717) is 43.4 Å². The summed E-state index contributed by atoms with van der Waals surface area (Å²) < 4.78 is 46.4. The molecule has 0 saturated carbocycles. The van der Waals surface area contributed by atoms with Crippen molar-refractivity contribution in [1.29, 1.82) is 0 Å². The molecule has 164 valence electrons. The van der Waals surface area contributed by atoms with Gasteiger partial charge in [0.05, 0.1) is 30.1 Å². The van der Waals surface area contributed by atoms with Gasteiger partial charge in [0.1, 0.15) is 17.7 Å². The molecule has 1 unspecified atom stereocenters. The molecule has 2 N–H and O–H groups in total. The third-order valence-electron chi connectivity index (χ3n) is 6.28. The van der Waals surface area contributed by atoms with Gasteiger partial charge in [0.25, 0.3) is 6.43 Å². The van der Waals surface area contributed by atoms with Crippen molar-refractivity contribution in [1.82, 2.24) is 14.4 Å².